The van der Waals surface area contributed by atoms with Crippen LogP contribution in [0.1, 0.15) is 32.9 Å². The van der Waals surface area contributed by atoms with Gasteiger partial charge >= 0.3 is 0 Å². The Balaban J connectivity index is 1.40. The number of hydrogen-bond donors (Lipinski definition) is 1. The molecule has 0 atom stereocenters. The maximum atomic E-state index is 13.3. The summed E-state index contributed by atoms with van der Waals surface area (Å²) in [5.74, 6) is 0.110. The number of aromatic nitrogens is 3. The van der Waals surface area contributed by atoms with Gasteiger partial charge in [-0.1, -0.05) is 27.8 Å². The SMILES string of the molecule is Cc1nnsc1-c1onc(C)c1C(=O)Nc1cc2c(c(-c3cc4ccccc4s3)c1)CN=C2. The number of aliphatic imine (C=N–C) groups is 1. The zero-order valence-electron chi connectivity index (χ0n) is 17.7. The van der Waals surface area contributed by atoms with E-state index in [0.717, 1.165) is 16.0 Å². The second kappa shape index (κ2) is 7.72. The van der Waals surface area contributed by atoms with Crippen molar-refractivity contribution in [2.24, 2.45) is 4.99 Å². The summed E-state index contributed by atoms with van der Waals surface area (Å²) in [7, 11) is 0. The molecule has 0 spiro atoms. The lowest BCUT2D eigenvalue weighted by atomic mass is 10.00. The van der Waals surface area contributed by atoms with E-state index in [2.05, 4.69) is 43.3 Å². The van der Waals surface area contributed by atoms with E-state index in [1.165, 1.54) is 27.2 Å². The molecule has 0 saturated heterocycles. The number of nitrogens with one attached hydrogen (secondary N) is 1. The maximum Gasteiger partial charge on any atom is 0.261 e. The highest BCUT2D eigenvalue weighted by Crippen LogP contribution is 2.39. The summed E-state index contributed by atoms with van der Waals surface area (Å²) in [6.45, 7) is 4.22. The number of thiophene rings is 1. The molecule has 7 nitrogen and oxygen atoms in total. The van der Waals surface area contributed by atoms with E-state index < -0.39 is 0 Å². The van der Waals surface area contributed by atoms with Gasteiger partial charge < -0.3 is 9.84 Å². The van der Waals surface area contributed by atoms with Crippen LogP contribution in [0.25, 0.3) is 31.2 Å². The topological polar surface area (TPSA) is 93.3 Å². The summed E-state index contributed by atoms with van der Waals surface area (Å²) in [6, 6.07) is 14.5. The van der Waals surface area contributed by atoms with Gasteiger partial charge in [0.05, 0.1) is 17.9 Å². The lowest BCUT2D eigenvalue weighted by Gasteiger charge is -2.11. The van der Waals surface area contributed by atoms with E-state index in [-0.39, 0.29) is 5.91 Å². The Morgan fingerprint density at radius 1 is 1.12 bits per heavy atom. The molecule has 6 rings (SSSR count). The number of carbonyl (C=O) groups is 1. The van der Waals surface area contributed by atoms with Crippen molar-refractivity contribution in [3.8, 4) is 21.1 Å². The molecule has 0 radical (unpaired) electrons. The molecule has 33 heavy (non-hydrogen) atoms. The Bertz CT molecular complexity index is 1540. The van der Waals surface area contributed by atoms with Gasteiger partial charge in [0.25, 0.3) is 5.91 Å². The molecular weight excluding hydrogens is 454 g/mol. The molecule has 1 aliphatic rings. The van der Waals surface area contributed by atoms with Gasteiger partial charge in [-0.25, -0.2) is 0 Å². The third-order valence-corrected chi connectivity index (χ3v) is 7.64. The van der Waals surface area contributed by atoms with Crippen molar-refractivity contribution < 1.29 is 9.32 Å². The zero-order valence-corrected chi connectivity index (χ0v) is 19.4. The number of carbonyl (C=O) groups excluding carboxylic acids is 1. The lowest BCUT2D eigenvalue weighted by Crippen LogP contribution is -2.14. The normalized spacial score (nSPS) is 12.4. The first-order valence-electron chi connectivity index (χ1n) is 10.3. The predicted octanol–water partition coefficient (Wildman–Crippen LogP) is 5.88. The summed E-state index contributed by atoms with van der Waals surface area (Å²) in [5, 5.41) is 12.3. The van der Waals surface area contributed by atoms with Crippen LogP contribution in [0.4, 0.5) is 5.69 Å². The summed E-state index contributed by atoms with van der Waals surface area (Å²) in [4.78, 5) is 19.7. The molecule has 0 unspecified atom stereocenters. The van der Waals surface area contributed by atoms with Crippen LogP contribution in [0.15, 0.2) is 52.0 Å². The van der Waals surface area contributed by atoms with Crippen molar-refractivity contribution in [3.05, 3.63) is 70.5 Å². The first kappa shape index (κ1) is 20.0. The molecule has 4 heterocycles. The van der Waals surface area contributed by atoms with Gasteiger partial charge in [0.2, 0.25) is 0 Å². The lowest BCUT2D eigenvalue weighted by molar-refractivity contribution is 0.102. The average Bonchev–Trinajstić information content (AvgIpc) is 3.58. The van der Waals surface area contributed by atoms with Gasteiger partial charge in [0.15, 0.2) is 5.76 Å². The second-order valence-corrected chi connectivity index (χ2v) is 9.66. The van der Waals surface area contributed by atoms with Gasteiger partial charge in [0, 0.05) is 27.0 Å². The van der Waals surface area contributed by atoms with E-state index >= 15 is 0 Å². The standard InChI is InChI=1S/C24H17N5O2S2/c1-12-21(22(31-28-12)23-13(2)27-29-33-23)24(30)26-16-7-15-10-25-11-18(15)17(9-16)20-8-14-5-3-4-6-19(14)32-20/h3-10H,11H2,1-2H3,(H,26,30). The molecule has 1 N–H and O–H groups in total. The van der Waals surface area contributed by atoms with E-state index in [0.29, 0.717) is 39.8 Å². The Labute approximate surface area is 197 Å². The molecule has 0 saturated carbocycles. The van der Waals surface area contributed by atoms with E-state index in [9.17, 15) is 4.79 Å². The van der Waals surface area contributed by atoms with Crippen molar-refractivity contribution in [2.45, 2.75) is 20.4 Å². The molecule has 1 aliphatic heterocycles. The summed E-state index contributed by atoms with van der Waals surface area (Å²) >= 11 is 2.92. The number of rotatable bonds is 4. The van der Waals surface area contributed by atoms with Crippen LogP contribution in [0, 0.1) is 13.8 Å². The molecule has 2 aromatic carbocycles. The molecule has 9 heteroatoms. The van der Waals surface area contributed by atoms with Crippen molar-refractivity contribution in [1.29, 1.82) is 0 Å². The average molecular weight is 472 g/mol. The quantitative estimate of drug-likeness (QED) is 0.353. The van der Waals surface area contributed by atoms with Crippen molar-refractivity contribution in [2.75, 3.05) is 5.32 Å². The fraction of sp³-hybridized carbons (Fsp3) is 0.125. The van der Waals surface area contributed by atoms with Crippen LogP contribution < -0.4 is 5.32 Å². The molecule has 0 aliphatic carbocycles. The zero-order chi connectivity index (χ0) is 22.5. The first-order chi connectivity index (χ1) is 16.1. The van der Waals surface area contributed by atoms with Gasteiger partial charge in [-0.3, -0.25) is 9.79 Å². The molecule has 1 amide bonds. The Hall–Kier alpha value is -3.69. The summed E-state index contributed by atoms with van der Waals surface area (Å²) in [5.41, 5.74) is 5.59. The van der Waals surface area contributed by atoms with Crippen molar-refractivity contribution in [1.82, 2.24) is 14.7 Å². The first-order valence-corrected chi connectivity index (χ1v) is 11.9. The Kier molecular flexibility index (Phi) is 4.67. The minimum atomic E-state index is -0.284. The van der Waals surface area contributed by atoms with Crippen LogP contribution in [-0.4, -0.2) is 26.9 Å². The maximum absolute atomic E-state index is 13.3. The molecular formula is C24H17N5O2S2. The highest BCUT2D eigenvalue weighted by molar-refractivity contribution is 7.22. The largest absolute Gasteiger partial charge is 0.354 e. The van der Waals surface area contributed by atoms with Crippen LogP contribution >= 0.6 is 22.9 Å². The summed E-state index contributed by atoms with van der Waals surface area (Å²) in [6.07, 6.45) is 1.87. The molecule has 162 valence electrons. The van der Waals surface area contributed by atoms with E-state index in [1.807, 2.05) is 37.4 Å². The number of benzene rings is 2. The highest BCUT2D eigenvalue weighted by Gasteiger charge is 2.26. The monoisotopic (exact) mass is 471 g/mol. The number of amides is 1. The second-order valence-electron chi connectivity index (χ2n) is 7.82. The minimum absolute atomic E-state index is 0.284. The summed E-state index contributed by atoms with van der Waals surface area (Å²) < 4.78 is 10.7. The number of anilines is 1. The molecule has 5 aromatic rings. The smallest absolute Gasteiger partial charge is 0.261 e. The number of nitrogens with zero attached hydrogens (tertiary/aromatic N) is 4. The number of aryl methyl sites for hydroxylation is 2. The molecule has 0 fully saturated rings. The van der Waals surface area contributed by atoms with Gasteiger partial charge in [-0.05, 0) is 66.2 Å². The minimum Gasteiger partial charge on any atom is -0.354 e. The number of fused-ring (bicyclic) bond motifs is 2. The third-order valence-electron chi connectivity index (χ3n) is 5.66. The third kappa shape index (κ3) is 3.37. The van der Waals surface area contributed by atoms with Gasteiger partial charge in [0.1, 0.15) is 10.4 Å². The predicted molar refractivity (Wildman–Crippen MR) is 131 cm³/mol. The van der Waals surface area contributed by atoms with Crippen LogP contribution in [0.5, 0.6) is 0 Å². The Morgan fingerprint density at radius 2 is 2.00 bits per heavy atom. The van der Waals surface area contributed by atoms with Gasteiger partial charge in [-0.15, -0.1) is 16.4 Å². The highest BCUT2D eigenvalue weighted by atomic mass is 32.1. The fourth-order valence-corrected chi connectivity index (χ4v) is 5.80. The Morgan fingerprint density at radius 3 is 2.82 bits per heavy atom. The molecule has 3 aromatic heterocycles. The van der Waals surface area contributed by atoms with Crippen molar-refractivity contribution >= 4 is 50.8 Å². The van der Waals surface area contributed by atoms with Gasteiger partial charge in [-0.2, -0.15) is 0 Å². The fourth-order valence-electron chi connectivity index (χ4n) is 4.05. The van der Waals surface area contributed by atoms with E-state index in [4.69, 9.17) is 4.52 Å². The van der Waals surface area contributed by atoms with Crippen LogP contribution in [0.2, 0.25) is 0 Å². The molecule has 0 bridgehead atoms. The van der Waals surface area contributed by atoms with Crippen LogP contribution in [0.3, 0.4) is 0 Å². The van der Waals surface area contributed by atoms with E-state index in [1.54, 1.807) is 18.3 Å². The van der Waals surface area contributed by atoms with Crippen LogP contribution in [-0.2, 0) is 6.54 Å². The number of hydrogen-bond acceptors (Lipinski definition) is 8. The van der Waals surface area contributed by atoms with Crippen molar-refractivity contribution in [3.63, 3.8) is 0 Å².